The highest BCUT2D eigenvalue weighted by molar-refractivity contribution is 9.10. The van der Waals surface area contributed by atoms with Crippen LogP contribution in [0.25, 0.3) is 22.0 Å². The first kappa shape index (κ1) is 21.6. The molecule has 164 valence electrons. The molecule has 1 atom stereocenters. The quantitative estimate of drug-likeness (QED) is 0.344. The van der Waals surface area contributed by atoms with Crippen LogP contribution in [-0.4, -0.2) is 21.6 Å². The summed E-state index contributed by atoms with van der Waals surface area (Å²) in [5.74, 6) is -0.181. The molecule has 5 nitrogen and oxygen atoms in total. The van der Waals surface area contributed by atoms with Crippen LogP contribution in [0.3, 0.4) is 0 Å². The Morgan fingerprint density at radius 2 is 1.79 bits per heavy atom. The molecule has 7 heteroatoms. The third-order valence-electron chi connectivity index (χ3n) is 5.82. The van der Waals surface area contributed by atoms with Crippen molar-refractivity contribution in [1.82, 2.24) is 9.99 Å². The van der Waals surface area contributed by atoms with Crippen LogP contribution >= 0.6 is 27.5 Å². The number of fused-ring (bicyclic) bond motifs is 1. The molecule has 0 bridgehead atoms. The van der Waals surface area contributed by atoms with Crippen LogP contribution in [0.4, 0.5) is 0 Å². The number of hydrogen-bond donors (Lipinski definition) is 1. The Hall–Kier alpha value is -3.22. The van der Waals surface area contributed by atoms with Gasteiger partial charge in [0.25, 0.3) is 5.56 Å². The number of H-pyrrole nitrogens is 1. The number of amides is 1. The van der Waals surface area contributed by atoms with Crippen LogP contribution in [0.5, 0.6) is 0 Å². The third-order valence-corrected chi connectivity index (χ3v) is 6.58. The molecule has 0 saturated heterocycles. The summed E-state index contributed by atoms with van der Waals surface area (Å²) in [6.07, 6.45) is 0.427. The number of aromatic amines is 1. The highest BCUT2D eigenvalue weighted by Crippen LogP contribution is 2.37. The summed E-state index contributed by atoms with van der Waals surface area (Å²) in [6.45, 7) is 1.49. The first-order valence-corrected chi connectivity index (χ1v) is 11.6. The molecule has 1 aliphatic rings. The number of nitrogens with zero attached hydrogens (tertiary/aromatic N) is 2. The summed E-state index contributed by atoms with van der Waals surface area (Å²) in [5.41, 5.74) is 4.07. The normalized spacial score (nSPS) is 15.7. The number of rotatable bonds is 3. The van der Waals surface area contributed by atoms with E-state index in [9.17, 15) is 9.59 Å². The van der Waals surface area contributed by atoms with Gasteiger partial charge in [-0.1, -0.05) is 70.0 Å². The molecule has 1 N–H and O–H groups in total. The van der Waals surface area contributed by atoms with Crippen LogP contribution in [0.1, 0.15) is 30.5 Å². The van der Waals surface area contributed by atoms with Gasteiger partial charge in [-0.05, 0) is 41.5 Å². The van der Waals surface area contributed by atoms with Gasteiger partial charge in [0.15, 0.2) is 0 Å². The highest BCUT2D eigenvalue weighted by Gasteiger charge is 2.34. The second-order valence-corrected chi connectivity index (χ2v) is 9.29. The predicted octanol–water partition coefficient (Wildman–Crippen LogP) is 6.31. The molecule has 0 saturated carbocycles. The Morgan fingerprint density at radius 3 is 2.48 bits per heavy atom. The third kappa shape index (κ3) is 4.01. The van der Waals surface area contributed by atoms with Gasteiger partial charge in [-0.15, -0.1) is 0 Å². The summed E-state index contributed by atoms with van der Waals surface area (Å²) in [5, 5.41) is 7.52. The van der Waals surface area contributed by atoms with Gasteiger partial charge in [-0.2, -0.15) is 5.10 Å². The lowest BCUT2D eigenvalue weighted by molar-refractivity contribution is -0.130. The van der Waals surface area contributed by atoms with Crippen LogP contribution in [0, 0.1) is 0 Å². The van der Waals surface area contributed by atoms with Crippen LogP contribution in [0.2, 0.25) is 5.02 Å². The molecular formula is C26H19BrClN3O2. The number of benzene rings is 3. The van der Waals surface area contributed by atoms with Gasteiger partial charge in [0.2, 0.25) is 5.91 Å². The molecule has 0 radical (unpaired) electrons. The second-order valence-electron chi connectivity index (χ2n) is 7.94. The highest BCUT2D eigenvalue weighted by atomic mass is 79.9. The zero-order valence-electron chi connectivity index (χ0n) is 17.7. The summed E-state index contributed by atoms with van der Waals surface area (Å²) >= 11 is 9.79. The lowest BCUT2D eigenvalue weighted by atomic mass is 9.91. The van der Waals surface area contributed by atoms with Crippen molar-refractivity contribution in [1.29, 1.82) is 0 Å². The van der Waals surface area contributed by atoms with Crippen molar-refractivity contribution in [2.45, 2.75) is 19.4 Å². The van der Waals surface area contributed by atoms with Gasteiger partial charge in [-0.25, -0.2) is 5.01 Å². The van der Waals surface area contributed by atoms with Crippen molar-refractivity contribution in [3.63, 3.8) is 0 Å². The van der Waals surface area contributed by atoms with E-state index in [0.29, 0.717) is 28.2 Å². The lowest BCUT2D eigenvalue weighted by Crippen LogP contribution is -2.24. The Labute approximate surface area is 203 Å². The van der Waals surface area contributed by atoms with E-state index in [4.69, 9.17) is 11.6 Å². The SMILES string of the molecule is CC(=O)N1N=C(c2c(-c3ccccc3)c3cc(Cl)ccc3[nH]c2=O)CC1c1ccc(Br)cc1. The Balaban J connectivity index is 1.74. The Bertz CT molecular complexity index is 1460. The van der Waals surface area contributed by atoms with Crippen molar-refractivity contribution in [2.75, 3.05) is 0 Å². The first-order valence-electron chi connectivity index (χ1n) is 10.5. The number of aromatic nitrogens is 1. The first-order chi connectivity index (χ1) is 15.9. The summed E-state index contributed by atoms with van der Waals surface area (Å²) in [4.78, 5) is 28.8. The average Bonchev–Trinajstić information content (AvgIpc) is 3.25. The van der Waals surface area contributed by atoms with Crippen molar-refractivity contribution in [3.05, 3.63) is 104 Å². The Kier molecular flexibility index (Phi) is 5.64. The van der Waals surface area contributed by atoms with Gasteiger partial charge in [-0.3, -0.25) is 9.59 Å². The molecule has 1 unspecified atom stereocenters. The van der Waals surface area contributed by atoms with Crippen LogP contribution in [0.15, 0.2) is 87.2 Å². The van der Waals surface area contributed by atoms with Crippen LogP contribution in [-0.2, 0) is 4.79 Å². The maximum absolute atomic E-state index is 13.4. The molecule has 1 aromatic heterocycles. The molecule has 0 spiro atoms. The Morgan fingerprint density at radius 1 is 1.06 bits per heavy atom. The van der Waals surface area contributed by atoms with E-state index in [1.165, 1.54) is 11.9 Å². The maximum atomic E-state index is 13.4. The minimum Gasteiger partial charge on any atom is -0.321 e. The molecule has 33 heavy (non-hydrogen) atoms. The molecule has 5 rings (SSSR count). The largest absolute Gasteiger partial charge is 0.321 e. The van der Waals surface area contributed by atoms with Crippen molar-refractivity contribution < 1.29 is 4.79 Å². The number of halogens is 2. The van der Waals surface area contributed by atoms with Crippen molar-refractivity contribution in [2.24, 2.45) is 5.10 Å². The molecule has 1 amide bonds. The number of hydrazone groups is 1. The molecule has 4 aromatic rings. The topological polar surface area (TPSA) is 65.5 Å². The summed E-state index contributed by atoms with van der Waals surface area (Å²) < 4.78 is 0.953. The van der Waals surface area contributed by atoms with E-state index in [1.807, 2.05) is 60.7 Å². The number of pyridine rings is 1. The van der Waals surface area contributed by atoms with E-state index < -0.39 is 0 Å². The number of hydrogen-bond acceptors (Lipinski definition) is 3. The van der Waals surface area contributed by atoms with E-state index >= 15 is 0 Å². The zero-order valence-corrected chi connectivity index (χ0v) is 20.0. The maximum Gasteiger partial charge on any atom is 0.258 e. The smallest absolute Gasteiger partial charge is 0.258 e. The molecule has 3 aromatic carbocycles. The monoisotopic (exact) mass is 519 g/mol. The lowest BCUT2D eigenvalue weighted by Gasteiger charge is -2.20. The fraction of sp³-hybridized carbons (Fsp3) is 0.115. The summed E-state index contributed by atoms with van der Waals surface area (Å²) in [7, 11) is 0. The molecule has 0 fully saturated rings. The number of nitrogens with one attached hydrogen (secondary N) is 1. The zero-order chi connectivity index (χ0) is 23.1. The summed E-state index contributed by atoms with van der Waals surface area (Å²) in [6, 6.07) is 22.6. The van der Waals surface area contributed by atoms with Gasteiger partial charge >= 0.3 is 0 Å². The van der Waals surface area contributed by atoms with Gasteiger partial charge in [0.1, 0.15) is 0 Å². The van der Waals surface area contributed by atoms with Crippen molar-refractivity contribution >= 4 is 50.1 Å². The molecular weight excluding hydrogens is 502 g/mol. The van der Waals surface area contributed by atoms with Gasteiger partial charge in [0.05, 0.1) is 17.3 Å². The second kappa shape index (κ2) is 8.61. The minimum absolute atomic E-state index is 0.181. The van der Waals surface area contributed by atoms with Crippen molar-refractivity contribution in [3.8, 4) is 11.1 Å². The number of carbonyl (C=O) groups is 1. The van der Waals surface area contributed by atoms with Gasteiger partial charge in [0, 0.05) is 39.3 Å². The van der Waals surface area contributed by atoms with E-state index in [2.05, 4.69) is 26.0 Å². The molecule has 1 aliphatic heterocycles. The van der Waals surface area contributed by atoms with E-state index in [-0.39, 0.29) is 17.5 Å². The standard InChI is InChI=1S/C26H19BrClN3O2/c1-15(32)31-23(16-7-9-18(27)10-8-16)14-22(30-31)25-24(17-5-3-2-4-6-17)20-13-19(28)11-12-21(20)29-26(25)33/h2-13,23H,14H2,1H3,(H,29,33). The minimum atomic E-state index is -0.288. The van der Waals surface area contributed by atoms with E-state index in [0.717, 1.165) is 26.5 Å². The van der Waals surface area contributed by atoms with Gasteiger partial charge < -0.3 is 4.98 Å². The fourth-order valence-corrected chi connectivity index (χ4v) is 4.78. The molecule has 0 aliphatic carbocycles. The van der Waals surface area contributed by atoms with Crippen LogP contribution < -0.4 is 5.56 Å². The number of carbonyl (C=O) groups excluding carboxylic acids is 1. The predicted molar refractivity (Wildman–Crippen MR) is 136 cm³/mol. The molecule has 2 heterocycles. The van der Waals surface area contributed by atoms with E-state index in [1.54, 1.807) is 12.1 Å². The fourth-order valence-electron chi connectivity index (χ4n) is 4.34. The average molecular weight is 521 g/mol.